The number of aliphatic hydroxyl groups is 1. The van der Waals surface area contributed by atoms with Crippen LogP contribution in [0.3, 0.4) is 0 Å². The van der Waals surface area contributed by atoms with E-state index in [2.05, 4.69) is 12.2 Å². The van der Waals surface area contributed by atoms with Crippen molar-refractivity contribution in [1.29, 1.82) is 0 Å². The van der Waals surface area contributed by atoms with Crippen LogP contribution >= 0.6 is 0 Å². The molecule has 2 N–H and O–H groups in total. The van der Waals surface area contributed by atoms with E-state index in [0.717, 1.165) is 13.1 Å². The molecule has 13 heavy (non-hydrogen) atoms. The fourth-order valence-corrected chi connectivity index (χ4v) is 2.22. The summed E-state index contributed by atoms with van der Waals surface area (Å²) in [5.74, 6) is 0. The van der Waals surface area contributed by atoms with Gasteiger partial charge in [0.1, 0.15) is 0 Å². The van der Waals surface area contributed by atoms with Crippen LogP contribution in [0.25, 0.3) is 0 Å². The Morgan fingerprint density at radius 1 is 1.23 bits per heavy atom. The zero-order valence-electron chi connectivity index (χ0n) is 8.81. The monoisotopic (exact) mass is 185 g/mol. The van der Waals surface area contributed by atoms with Crippen LogP contribution in [0.15, 0.2) is 0 Å². The fraction of sp³-hybridized carbons (Fsp3) is 1.00. The van der Waals surface area contributed by atoms with Crippen molar-refractivity contribution in [1.82, 2.24) is 5.32 Å². The summed E-state index contributed by atoms with van der Waals surface area (Å²) >= 11 is 0. The number of hydrogen-bond donors (Lipinski definition) is 2. The lowest BCUT2D eigenvalue weighted by Crippen LogP contribution is -2.39. The lowest BCUT2D eigenvalue weighted by atomic mass is 9.74. The van der Waals surface area contributed by atoms with E-state index < -0.39 is 0 Å². The molecule has 0 bridgehead atoms. The molecule has 0 aromatic carbocycles. The quantitative estimate of drug-likeness (QED) is 0.641. The van der Waals surface area contributed by atoms with Gasteiger partial charge >= 0.3 is 0 Å². The SMILES string of the molecule is CCCNCC1(CO)CCCCC1. The molecule has 2 nitrogen and oxygen atoms in total. The molecule has 1 aliphatic rings. The van der Waals surface area contributed by atoms with Crippen LogP contribution in [0.4, 0.5) is 0 Å². The smallest absolute Gasteiger partial charge is 0.0499 e. The maximum Gasteiger partial charge on any atom is 0.0499 e. The predicted octanol–water partition coefficient (Wildman–Crippen LogP) is 1.93. The van der Waals surface area contributed by atoms with Crippen molar-refractivity contribution in [3.05, 3.63) is 0 Å². The van der Waals surface area contributed by atoms with Crippen LogP contribution in [-0.2, 0) is 0 Å². The second-order valence-electron chi connectivity index (χ2n) is 4.40. The molecule has 0 atom stereocenters. The molecule has 1 rings (SSSR count). The predicted molar refractivity (Wildman–Crippen MR) is 55.8 cm³/mol. The zero-order chi connectivity index (χ0) is 9.57. The average Bonchev–Trinajstić information content (AvgIpc) is 2.20. The van der Waals surface area contributed by atoms with Gasteiger partial charge in [-0.1, -0.05) is 26.2 Å². The number of nitrogens with one attached hydrogen (secondary N) is 1. The van der Waals surface area contributed by atoms with Crippen LogP contribution in [0.1, 0.15) is 45.4 Å². The summed E-state index contributed by atoms with van der Waals surface area (Å²) in [6.45, 7) is 4.64. The minimum absolute atomic E-state index is 0.216. The highest BCUT2D eigenvalue weighted by Crippen LogP contribution is 2.35. The summed E-state index contributed by atoms with van der Waals surface area (Å²) in [5.41, 5.74) is 0.216. The summed E-state index contributed by atoms with van der Waals surface area (Å²) < 4.78 is 0. The van der Waals surface area contributed by atoms with E-state index in [1.807, 2.05) is 0 Å². The molecule has 2 heteroatoms. The van der Waals surface area contributed by atoms with Crippen molar-refractivity contribution in [3.8, 4) is 0 Å². The van der Waals surface area contributed by atoms with Gasteiger partial charge in [-0.05, 0) is 25.8 Å². The first-order valence-corrected chi connectivity index (χ1v) is 5.64. The molecule has 0 saturated heterocycles. The summed E-state index contributed by atoms with van der Waals surface area (Å²) in [4.78, 5) is 0. The molecule has 0 heterocycles. The maximum atomic E-state index is 9.40. The number of aliphatic hydroxyl groups excluding tert-OH is 1. The van der Waals surface area contributed by atoms with Crippen LogP contribution in [0, 0.1) is 5.41 Å². The Kier molecular flexibility index (Phi) is 4.74. The first-order chi connectivity index (χ1) is 6.33. The molecule has 1 aliphatic carbocycles. The molecule has 1 saturated carbocycles. The highest BCUT2D eigenvalue weighted by molar-refractivity contribution is 4.84. The number of hydrogen-bond acceptors (Lipinski definition) is 2. The van der Waals surface area contributed by atoms with Gasteiger partial charge in [0.2, 0.25) is 0 Å². The Morgan fingerprint density at radius 2 is 1.92 bits per heavy atom. The third-order valence-electron chi connectivity index (χ3n) is 3.18. The summed E-state index contributed by atoms with van der Waals surface area (Å²) in [6.07, 6.45) is 7.56. The summed E-state index contributed by atoms with van der Waals surface area (Å²) in [6, 6.07) is 0. The normalized spacial score (nSPS) is 21.7. The molecule has 0 radical (unpaired) electrons. The van der Waals surface area contributed by atoms with Crippen molar-refractivity contribution >= 4 is 0 Å². The molecule has 0 aliphatic heterocycles. The van der Waals surface area contributed by atoms with Crippen molar-refractivity contribution < 1.29 is 5.11 Å². The van der Waals surface area contributed by atoms with Crippen molar-refractivity contribution in [2.45, 2.75) is 45.4 Å². The van der Waals surface area contributed by atoms with Gasteiger partial charge in [-0.25, -0.2) is 0 Å². The molecule has 0 aromatic heterocycles. The Balaban J connectivity index is 2.29. The Bertz CT molecular complexity index is 130. The molecule has 0 unspecified atom stereocenters. The number of rotatable bonds is 5. The minimum Gasteiger partial charge on any atom is -0.396 e. The zero-order valence-corrected chi connectivity index (χ0v) is 8.81. The molecule has 0 amide bonds. The van der Waals surface area contributed by atoms with Crippen LogP contribution < -0.4 is 5.32 Å². The molecule has 78 valence electrons. The highest BCUT2D eigenvalue weighted by Gasteiger charge is 2.30. The van der Waals surface area contributed by atoms with E-state index in [4.69, 9.17) is 0 Å². The maximum absolute atomic E-state index is 9.40. The molecule has 0 spiro atoms. The van der Waals surface area contributed by atoms with Gasteiger partial charge in [0.25, 0.3) is 0 Å². The lowest BCUT2D eigenvalue weighted by molar-refractivity contribution is 0.0816. The van der Waals surface area contributed by atoms with Crippen molar-refractivity contribution in [2.75, 3.05) is 19.7 Å². The van der Waals surface area contributed by atoms with Gasteiger partial charge in [-0.15, -0.1) is 0 Å². The minimum atomic E-state index is 0.216. The van der Waals surface area contributed by atoms with E-state index in [0.29, 0.717) is 6.61 Å². The van der Waals surface area contributed by atoms with Crippen LogP contribution in [0.2, 0.25) is 0 Å². The summed E-state index contributed by atoms with van der Waals surface area (Å²) in [7, 11) is 0. The van der Waals surface area contributed by atoms with Crippen LogP contribution in [0.5, 0.6) is 0 Å². The molecular weight excluding hydrogens is 162 g/mol. The Morgan fingerprint density at radius 3 is 2.46 bits per heavy atom. The van der Waals surface area contributed by atoms with E-state index in [-0.39, 0.29) is 5.41 Å². The molecule has 1 fully saturated rings. The van der Waals surface area contributed by atoms with E-state index in [1.165, 1.54) is 38.5 Å². The third kappa shape index (κ3) is 3.28. The second-order valence-corrected chi connectivity index (χ2v) is 4.40. The molecule has 0 aromatic rings. The first kappa shape index (κ1) is 11.0. The third-order valence-corrected chi connectivity index (χ3v) is 3.18. The van der Waals surface area contributed by atoms with Gasteiger partial charge in [0.15, 0.2) is 0 Å². The van der Waals surface area contributed by atoms with E-state index in [1.54, 1.807) is 0 Å². The van der Waals surface area contributed by atoms with E-state index >= 15 is 0 Å². The molecular formula is C11H23NO. The second kappa shape index (κ2) is 5.61. The van der Waals surface area contributed by atoms with Gasteiger partial charge in [0, 0.05) is 18.6 Å². The summed E-state index contributed by atoms with van der Waals surface area (Å²) in [5, 5.41) is 12.8. The van der Waals surface area contributed by atoms with Crippen molar-refractivity contribution in [3.63, 3.8) is 0 Å². The lowest BCUT2D eigenvalue weighted by Gasteiger charge is -2.35. The van der Waals surface area contributed by atoms with Gasteiger partial charge in [-0.2, -0.15) is 0 Å². The fourth-order valence-electron chi connectivity index (χ4n) is 2.22. The van der Waals surface area contributed by atoms with E-state index in [9.17, 15) is 5.11 Å². The van der Waals surface area contributed by atoms with Gasteiger partial charge in [0.05, 0.1) is 0 Å². The standard InChI is InChI=1S/C11H23NO/c1-2-8-12-9-11(10-13)6-4-3-5-7-11/h12-13H,2-10H2,1H3. The largest absolute Gasteiger partial charge is 0.396 e. The Labute approximate surface area is 81.7 Å². The van der Waals surface area contributed by atoms with Crippen molar-refractivity contribution in [2.24, 2.45) is 5.41 Å². The Hall–Kier alpha value is -0.0800. The highest BCUT2D eigenvalue weighted by atomic mass is 16.3. The van der Waals surface area contributed by atoms with Crippen LogP contribution in [-0.4, -0.2) is 24.8 Å². The first-order valence-electron chi connectivity index (χ1n) is 5.64. The average molecular weight is 185 g/mol. The van der Waals surface area contributed by atoms with Gasteiger partial charge < -0.3 is 10.4 Å². The topological polar surface area (TPSA) is 32.3 Å². The van der Waals surface area contributed by atoms with Gasteiger partial charge in [-0.3, -0.25) is 0 Å².